The summed E-state index contributed by atoms with van der Waals surface area (Å²) in [7, 11) is 0. The summed E-state index contributed by atoms with van der Waals surface area (Å²) < 4.78 is 11.5. The molecular weight excluding hydrogens is 202 g/mol. The van der Waals surface area contributed by atoms with E-state index in [2.05, 4.69) is 20.8 Å². The molecular formula is C13H29NO2. The largest absolute Gasteiger partial charge is 0.373 e. The quantitative estimate of drug-likeness (QED) is 0.754. The minimum atomic E-state index is -0.317. The van der Waals surface area contributed by atoms with Crippen molar-refractivity contribution < 1.29 is 9.47 Å². The minimum Gasteiger partial charge on any atom is -0.373 e. The van der Waals surface area contributed by atoms with Gasteiger partial charge in [0.1, 0.15) is 0 Å². The van der Waals surface area contributed by atoms with Crippen LogP contribution in [-0.4, -0.2) is 31.0 Å². The smallest absolute Gasteiger partial charge is 0.0983 e. The molecule has 0 aliphatic carbocycles. The first-order chi connectivity index (χ1) is 7.21. The van der Waals surface area contributed by atoms with Gasteiger partial charge in [0.05, 0.1) is 25.4 Å². The fraction of sp³-hybridized carbons (Fsp3) is 1.00. The average molecular weight is 231 g/mol. The Labute approximate surface area is 101 Å². The van der Waals surface area contributed by atoms with Crippen LogP contribution in [0, 0.1) is 5.41 Å². The maximum atomic E-state index is 5.96. The van der Waals surface area contributed by atoms with Gasteiger partial charge in [-0.1, -0.05) is 34.6 Å². The summed E-state index contributed by atoms with van der Waals surface area (Å²) >= 11 is 0. The number of ether oxygens (including phenoxy) is 2. The predicted molar refractivity (Wildman–Crippen MR) is 68.5 cm³/mol. The molecule has 2 N–H and O–H groups in total. The van der Waals surface area contributed by atoms with Crippen LogP contribution >= 0.6 is 0 Å². The van der Waals surface area contributed by atoms with E-state index >= 15 is 0 Å². The molecule has 2 unspecified atom stereocenters. The van der Waals surface area contributed by atoms with E-state index in [0.29, 0.717) is 13.2 Å². The van der Waals surface area contributed by atoms with E-state index in [0.717, 1.165) is 0 Å². The van der Waals surface area contributed by atoms with Crippen molar-refractivity contribution in [1.82, 2.24) is 0 Å². The summed E-state index contributed by atoms with van der Waals surface area (Å²) in [6.45, 7) is 15.7. The van der Waals surface area contributed by atoms with Crippen LogP contribution in [0.4, 0.5) is 0 Å². The lowest BCUT2D eigenvalue weighted by Gasteiger charge is -2.41. The van der Waals surface area contributed by atoms with Crippen LogP contribution < -0.4 is 5.73 Å². The predicted octanol–water partition coefficient (Wildman–Crippen LogP) is 2.58. The van der Waals surface area contributed by atoms with Crippen molar-refractivity contribution in [3.05, 3.63) is 0 Å². The topological polar surface area (TPSA) is 44.5 Å². The molecule has 1 saturated heterocycles. The van der Waals surface area contributed by atoms with Gasteiger partial charge in [-0.3, -0.25) is 0 Å². The van der Waals surface area contributed by atoms with Crippen LogP contribution in [-0.2, 0) is 9.47 Å². The maximum absolute atomic E-state index is 5.96. The summed E-state index contributed by atoms with van der Waals surface area (Å²) in [6, 6.07) is 0. The van der Waals surface area contributed by atoms with Gasteiger partial charge in [-0.2, -0.15) is 0 Å². The lowest BCUT2D eigenvalue weighted by atomic mass is 9.88. The maximum Gasteiger partial charge on any atom is 0.0983 e. The van der Waals surface area contributed by atoms with Gasteiger partial charge in [0.25, 0.3) is 0 Å². The minimum absolute atomic E-state index is 0.0149. The molecule has 3 heteroatoms. The molecule has 0 bridgehead atoms. The second-order valence-corrected chi connectivity index (χ2v) is 5.83. The van der Waals surface area contributed by atoms with Gasteiger partial charge in [0, 0.05) is 5.54 Å². The summed E-state index contributed by atoms with van der Waals surface area (Å²) in [5.74, 6) is 0. The molecule has 98 valence electrons. The van der Waals surface area contributed by atoms with Gasteiger partial charge in [-0.05, 0) is 19.3 Å². The zero-order valence-electron chi connectivity index (χ0n) is 12.0. The highest BCUT2D eigenvalue weighted by molar-refractivity contribution is 4.87. The van der Waals surface area contributed by atoms with Gasteiger partial charge < -0.3 is 15.2 Å². The highest BCUT2D eigenvalue weighted by atomic mass is 16.6. The summed E-state index contributed by atoms with van der Waals surface area (Å²) in [4.78, 5) is 0. The molecule has 0 amide bonds. The van der Waals surface area contributed by atoms with Gasteiger partial charge in [-0.25, -0.2) is 0 Å². The van der Waals surface area contributed by atoms with E-state index in [9.17, 15) is 0 Å². The first-order valence-electron chi connectivity index (χ1n) is 6.23. The Morgan fingerprint density at radius 3 is 1.50 bits per heavy atom. The van der Waals surface area contributed by atoms with Crippen LogP contribution in [0.1, 0.15) is 48.5 Å². The molecule has 0 aromatic carbocycles. The van der Waals surface area contributed by atoms with E-state index in [1.807, 2.05) is 27.7 Å². The molecule has 0 aromatic heterocycles. The van der Waals surface area contributed by atoms with Crippen molar-refractivity contribution in [2.24, 2.45) is 11.1 Å². The zero-order valence-corrected chi connectivity index (χ0v) is 12.0. The van der Waals surface area contributed by atoms with Crippen molar-refractivity contribution >= 4 is 0 Å². The molecule has 3 nitrogen and oxygen atoms in total. The van der Waals surface area contributed by atoms with Gasteiger partial charge in [0.15, 0.2) is 0 Å². The Balaban J connectivity index is 0.00000106. The number of hydrogen-bond acceptors (Lipinski definition) is 3. The molecule has 0 saturated carbocycles. The standard InChI is InChI=1S/C11H23NO2.C2H6/c1-10(2,3)8-6-14-9(7-13-8)11(4,5)12;1-2/h8-9H,6-7,12H2,1-5H3;1-2H3. The first kappa shape index (κ1) is 15.9. The fourth-order valence-electron chi connectivity index (χ4n) is 1.43. The third kappa shape index (κ3) is 4.81. The monoisotopic (exact) mass is 231 g/mol. The summed E-state index contributed by atoms with van der Waals surface area (Å²) in [6.07, 6.45) is 0.196. The third-order valence-electron chi connectivity index (χ3n) is 2.69. The normalized spacial score (nSPS) is 27.0. The summed E-state index contributed by atoms with van der Waals surface area (Å²) in [5.41, 5.74) is 5.79. The van der Waals surface area contributed by atoms with E-state index in [1.54, 1.807) is 0 Å². The van der Waals surface area contributed by atoms with Crippen LogP contribution in [0.3, 0.4) is 0 Å². The van der Waals surface area contributed by atoms with E-state index < -0.39 is 0 Å². The van der Waals surface area contributed by atoms with Gasteiger partial charge >= 0.3 is 0 Å². The van der Waals surface area contributed by atoms with Crippen LogP contribution in [0.2, 0.25) is 0 Å². The second-order valence-electron chi connectivity index (χ2n) is 5.83. The van der Waals surface area contributed by atoms with E-state index in [-0.39, 0.29) is 23.2 Å². The SMILES string of the molecule is CC.CC(C)(C)C1COC(C(C)(C)N)CO1. The van der Waals surface area contributed by atoms with Crippen molar-refractivity contribution in [2.45, 2.75) is 66.2 Å². The average Bonchev–Trinajstić information content (AvgIpc) is 2.18. The molecule has 0 radical (unpaired) electrons. The molecule has 1 fully saturated rings. The Hall–Kier alpha value is -0.120. The molecule has 1 heterocycles. The van der Waals surface area contributed by atoms with E-state index in [1.165, 1.54) is 0 Å². The molecule has 1 aliphatic heterocycles. The van der Waals surface area contributed by atoms with Crippen molar-refractivity contribution in [3.8, 4) is 0 Å². The molecule has 2 atom stereocenters. The Bertz CT molecular complexity index is 161. The second kappa shape index (κ2) is 5.99. The Morgan fingerprint density at radius 2 is 1.25 bits per heavy atom. The summed E-state index contributed by atoms with van der Waals surface area (Å²) in [5, 5.41) is 0. The van der Waals surface area contributed by atoms with Crippen LogP contribution in [0.5, 0.6) is 0 Å². The first-order valence-corrected chi connectivity index (χ1v) is 6.23. The Morgan fingerprint density at radius 1 is 0.875 bits per heavy atom. The fourth-order valence-corrected chi connectivity index (χ4v) is 1.43. The van der Waals surface area contributed by atoms with Crippen molar-refractivity contribution in [2.75, 3.05) is 13.2 Å². The zero-order chi connectivity index (χ0) is 13.0. The Kier molecular flexibility index (Phi) is 5.94. The molecule has 1 aliphatic rings. The molecule has 16 heavy (non-hydrogen) atoms. The van der Waals surface area contributed by atoms with Gasteiger partial charge in [0.2, 0.25) is 0 Å². The third-order valence-corrected chi connectivity index (χ3v) is 2.69. The lowest BCUT2D eigenvalue weighted by Crippen LogP contribution is -2.54. The van der Waals surface area contributed by atoms with E-state index in [4.69, 9.17) is 15.2 Å². The van der Waals surface area contributed by atoms with Crippen LogP contribution in [0.25, 0.3) is 0 Å². The lowest BCUT2D eigenvalue weighted by molar-refractivity contribution is -0.178. The van der Waals surface area contributed by atoms with Crippen molar-refractivity contribution in [1.29, 1.82) is 0 Å². The van der Waals surface area contributed by atoms with Crippen LogP contribution in [0.15, 0.2) is 0 Å². The number of rotatable bonds is 1. The molecule has 1 rings (SSSR count). The highest BCUT2D eigenvalue weighted by Gasteiger charge is 2.36. The molecule has 0 spiro atoms. The van der Waals surface area contributed by atoms with Crippen molar-refractivity contribution in [3.63, 3.8) is 0 Å². The molecule has 0 aromatic rings. The highest BCUT2D eigenvalue weighted by Crippen LogP contribution is 2.27. The number of nitrogens with two attached hydrogens (primary N) is 1. The number of hydrogen-bond donors (Lipinski definition) is 1. The van der Waals surface area contributed by atoms with Gasteiger partial charge in [-0.15, -0.1) is 0 Å².